The molecule has 3 nitrogen and oxygen atoms in total. The molecule has 0 saturated carbocycles. The standard InChI is InChI=1S/C16H18N2O/c1-11-3-5-13(6-4-11)10-16(19)18-14-7-8-15(17)12(2)9-14/h3-9H,10,17H2,1-2H3,(H,18,19). The summed E-state index contributed by atoms with van der Waals surface area (Å²) in [4.78, 5) is 11.9. The number of hydrogen-bond acceptors (Lipinski definition) is 2. The molecule has 19 heavy (non-hydrogen) atoms. The topological polar surface area (TPSA) is 55.1 Å². The van der Waals surface area contributed by atoms with Gasteiger partial charge in [-0.2, -0.15) is 0 Å². The molecule has 0 heterocycles. The number of carbonyl (C=O) groups is 1. The summed E-state index contributed by atoms with van der Waals surface area (Å²) >= 11 is 0. The predicted molar refractivity (Wildman–Crippen MR) is 79.1 cm³/mol. The Labute approximate surface area is 113 Å². The lowest BCUT2D eigenvalue weighted by Gasteiger charge is -2.08. The monoisotopic (exact) mass is 254 g/mol. The fourth-order valence-corrected chi connectivity index (χ4v) is 1.85. The smallest absolute Gasteiger partial charge is 0.228 e. The molecule has 0 aliphatic carbocycles. The molecule has 98 valence electrons. The highest BCUT2D eigenvalue weighted by atomic mass is 16.1. The van der Waals surface area contributed by atoms with Gasteiger partial charge < -0.3 is 11.1 Å². The van der Waals surface area contributed by atoms with Crippen LogP contribution in [0.25, 0.3) is 0 Å². The van der Waals surface area contributed by atoms with Crippen LogP contribution < -0.4 is 11.1 Å². The van der Waals surface area contributed by atoms with Gasteiger partial charge in [-0.05, 0) is 43.2 Å². The van der Waals surface area contributed by atoms with Gasteiger partial charge in [-0.25, -0.2) is 0 Å². The lowest BCUT2D eigenvalue weighted by Crippen LogP contribution is -2.14. The van der Waals surface area contributed by atoms with E-state index in [4.69, 9.17) is 5.73 Å². The molecule has 0 aliphatic heterocycles. The van der Waals surface area contributed by atoms with E-state index in [1.54, 1.807) is 6.07 Å². The van der Waals surface area contributed by atoms with E-state index in [1.165, 1.54) is 5.56 Å². The van der Waals surface area contributed by atoms with Crippen LogP contribution in [0, 0.1) is 13.8 Å². The zero-order chi connectivity index (χ0) is 13.8. The number of amides is 1. The van der Waals surface area contributed by atoms with Gasteiger partial charge in [-0.1, -0.05) is 29.8 Å². The van der Waals surface area contributed by atoms with Crippen molar-refractivity contribution in [2.24, 2.45) is 0 Å². The fraction of sp³-hybridized carbons (Fsp3) is 0.188. The molecular formula is C16H18N2O. The van der Waals surface area contributed by atoms with E-state index in [0.717, 1.165) is 22.5 Å². The zero-order valence-electron chi connectivity index (χ0n) is 11.2. The average molecular weight is 254 g/mol. The molecule has 0 aliphatic rings. The molecule has 0 bridgehead atoms. The van der Waals surface area contributed by atoms with Crippen LogP contribution in [0.5, 0.6) is 0 Å². The van der Waals surface area contributed by atoms with E-state index < -0.39 is 0 Å². The largest absolute Gasteiger partial charge is 0.399 e. The van der Waals surface area contributed by atoms with Crippen LogP contribution in [0.4, 0.5) is 11.4 Å². The van der Waals surface area contributed by atoms with E-state index in [2.05, 4.69) is 5.32 Å². The Hall–Kier alpha value is -2.29. The first-order valence-corrected chi connectivity index (χ1v) is 6.26. The molecular weight excluding hydrogens is 236 g/mol. The van der Waals surface area contributed by atoms with Crippen LogP contribution in [-0.4, -0.2) is 5.91 Å². The summed E-state index contributed by atoms with van der Waals surface area (Å²) in [6, 6.07) is 13.5. The van der Waals surface area contributed by atoms with E-state index in [9.17, 15) is 4.79 Å². The molecule has 0 unspecified atom stereocenters. The predicted octanol–water partition coefficient (Wildman–Crippen LogP) is 3.07. The summed E-state index contributed by atoms with van der Waals surface area (Å²) in [6.07, 6.45) is 0.379. The van der Waals surface area contributed by atoms with Crippen LogP contribution in [-0.2, 0) is 11.2 Å². The molecule has 1 amide bonds. The number of hydrogen-bond donors (Lipinski definition) is 2. The van der Waals surface area contributed by atoms with Crippen molar-refractivity contribution in [1.82, 2.24) is 0 Å². The van der Waals surface area contributed by atoms with Crippen LogP contribution in [0.3, 0.4) is 0 Å². The second-order valence-electron chi connectivity index (χ2n) is 4.78. The first-order valence-electron chi connectivity index (χ1n) is 6.26. The highest BCUT2D eigenvalue weighted by Crippen LogP contribution is 2.16. The summed E-state index contributed by atoms with van der Waals surface area (Å²) in [7, 11) is 0. The Morgan fingerprint density at radius 3 is 2.42 bits per heavy atom. The second-order valence-corrected chi connectivity index (χ2v) is 4.78. The summed E-state index contributed by atoms with van der Waals surface area (Å²) in [5.41, 5.74) is 10.4. The number of nitrogens with two attached hydrogens (primary N) is 1. The quantitative estimate of drug-likeness (QED) is 0.827. The minimum Gasteiger partial charge on any atom is -0.399 e. The van der Waals surface area contributed by atoms with Gasteiger partial charge in [0.2, 0.25) is 5.91 Å². The molecule has 0 atom stereocenters. The van der Waals surface area contributed by atoms with E-state index in [-0.39, 0.29) is 5.91 Å². The minimum absolute atomic E-state index is 0.0203. The number of aryl methyl sites for hydroxylation is 2. The molecule has 2 aromatic carbocycles. The Balaban J connectivity index is 2.01. The van der Waals surface area contributed by atoms with Crippen molar-refractivity contribution in [3.63, 3.8) is 0 Å². The number of carbonyl (C=O) groups excluding carboxylic acids is 1. The number of rotatable bonds is 3. The van der Waals surface area contributed by atoms with Gasteiger partial charge in [0.15, 0.2) is 0 Å². The first-order chi connectivity index (χ1) is 9.04. The van der Waals surface area contributed by atoms with Gasteiger partial charge in [-0.3, -0.25) is 4.79 Å². The number of nitrogens with one attached hydrogen (secondary N) is 1. The van der Waals surface area contributed by atoms with Crippen molar-refractivity contribution in [3.05, 3.63) is 59.2 Å². The molecule has 0 radical (unpaired) electrons. The second kappa shape index (κ2) is 5.57. The minimum atomic E-state index is -0.0203. The molecule has 3 N–H and O–H groups in total. The number of anilines is 2. The van der Waals surface area contributed by atoms with E-state index >= 15 is 0 Å². The molecule has 2 aromatic rings. The van der Waals surface area contributed by atoms with Crippen molar-refractivity contribution in [2.45, 2.75) is 20.3 Å². The third-order valence-corrected chi connectivity index (χ3v) is 3.04. The SMILES string of the molecule is Cc1ccc(CC(=O)Nc2ccc(N)c(C)c2)cc1. The van der Waals surface area contributed by atoms with Gasteiger partial charge in [0.05, 0.1) is 6.42 Å². The van der Waals surface area contributed by atoms with Crippen LogP contribution in [0.1, 0.15) is 16.7 Å². The van der Waals surface area contributed by atoms with Crippen molar-refractivity contribution in [2.75, 3.05) is 11.1 Å². The molecule has 2 rings (SSSR count). The highest BCUT2D eigenvalue weighted by Gasteiger charge is 2.05. The van der Waals surface area contributed by atoms with Crippen molar-refractivity contribution in [1.29, 1.82) is 0 Å². The zero-order valence-corrected chi connectivity index (χ0v) is 11.2. The molecule has 0 aromatic heterocycles. The maximum Gasteiger partial charge on any atom is 0.228 e. The van der Waals surface area contributed by atoms with Gasteiger partial charge in [0.1, 0.15) is 0 Å². The summed E-state index contributed by atoms with van der Waals surface area (Å²) in [5, 5.41) is 2.88. The fourth-order valence-electron chi connectivity index (χ4n) is 1.85. The van der Waals surface area contributed by atoms with Gasteiger partial charge in [0.25, 0.3) is 0 Å². The maximum atomic E-state index is 11.9. The third-order valence-electron chi connectivity index (χ3n) is 3.04. The Morgan fingerprint density at radius 1 is 1.11 bits per heavy atom. The Kier molecular flexibility index (Phi) is 3.85. The Morgan fingerprint density at radius 2 is 1.79 bits per heavy atom. The Bertz CT molecular complexity index is 588. The maximum absolute atomic E-state index is 11.9. The highest BCUT2D eigenvalue weighted by molar-refractivity contribution is 5.92. The van der Waals surface area contributed by atoms with Gasteiger partial charge in [-0.15, -0.1) is 0 Å². The lowest BCUT2D eigenvalue weighted by atomic mass is 10.1. The molecule has 0 spiro atoms. The van der Waals surface area contributed by atoms with Crippen molar-refractivity contribution >= 4 is 17.3 Å². The number of nitrogen functional groups attached to an aromatic ring is 1. The summed E-state index contributed by atoms with van der Waals surface area (Å²) < 4.78 is 0. The average Bonchev–Trinajstić information content (AvgIpc) is 2.37. The molecule has 0 saturated heterocycles. The van der Waals surface area contributed by atoms with Crippen LogP contribution in [0.15, 0.2) is 42.5 Å². The van der Waals surface area contributed by atoms with Crippen molar-refractivity contribution < 1.29 is 4.79 Å². The van der Waals surface area contributed by atoms with Crippen LogP contribution in [0.2, 0.25) is 0 Å². The molecule has 3 heteroatoms. The summed E-state index contributed by atoms with van der Waals surface area (Å²) in [5.74, 6) is -0.0203. The van der Waals surface area contributed by atoms with E-state index in [0.29, 0.717) is 6.42 Å². The van der Waals surface area contributed by atoms with Gasteiger partial charge >= 0.3 is 0 Å². The number of benzene rings is 2. The van der Waals surface area contributed by atoms with Crippen LogP contribution >= 0.6 is 0 Å². The van der Waals surface area contributed by atoms with E-state index in [1.807, 2.05) is 50.2 Å². The third kappa shape index (κ3) is 3.58. The summed E-state index contributed by atoms with van der Waals surface area (Å²) in [6.45, 7) is 3.95. The lowest BCUT2D eigenvalue weighted by molar-refractivity contribution is -0.115. The van der Waals surface area contributed by atoms with Crippen molar-refractivity contribution in [3.8, 4) is 0 Å². The molecule has 0 fully saturated rings. The first kappa shape index (κ1) is 13.1. The normalized spacial score (nSPS) is 10.2. The van der Waals surface area contributed by atoms with Gasteiger partial charge in [0, 0.05) is 11.4 Å².